The molecular formula is C11H18N2O2. The molecule has 84 valence electrons. The first-order chi connectivity index (χ1) is 7.36. The highest BCUT2D eigenvalue weighted by molar-refractivity contribution is 5.46. The van der Waals surface area contributed by atoms with Gasteiger partial charge in [-0.05, 0) is 24.3 Å². The number of nitrogens with one attached hydrogen (secondary N) is 2. The maximum absolute atomic E-state index is 8.54. The van der Waals surface area contributed by atoms with E-state index in [1.165, 1.54) is 0 Å². The molecule has 0 aromatic heterocycles. The lowest BCUT2D eigenvalue weighted by molar-refractivity contribution is 0.293. The van der Waals surface area contributed by atoms with E-state index in [9.17, 15) is 0 Å². The Bertz CT molecular complexity index is 262. The van der Waals surface area contributed by atoms with Gasteiger partial charge in [0.25, 0.3) is 0 Å². The van der Waals surface area contributed by atoms with E-state index in [1.807, 2.05) is 24.3 Å². The number of hydrogen-bond donors (Lipinski definition) is 3. The maximum atomic E-state index is 8.54. The quantitative estimate of drug-likeness (QED) is 0.580. The van der Waals surface area contributed by atoms with Crippen molar-refractivity contribution in [3.05, 3.63) is 24.3 Å². The number of hydrogen-bond acceptors (Lipinski definition) is 4. The Balaban J connectivity index is 2.20. The highest BCUT2D eigenvalue weighted by Crippen LogP contribution is 2.14. The van der Waals surface area contributed by atoms with Gasteiger partial charge >= 0.3 is 0 Å². The number of anilines is 1. The molecule has 15 heavy (non-hydrogen) atoms. The lowest BCUT2D eigenvalue weighted by atomic mass is 10.3. The van der Waals surface area contributed by atoms with Crippen LogP contribution < -0.4 is 15.4 Å². The third kappa shape index (κ3) is 4.67. The Morgan fingerprint density at radius 3 is 2.47 bits per heavy atom. The predicted molar refractivity (Wildman–Crippen MR) is 61.4 cm³/mol. The Hall–Kier alpha value is -1.26. The Morgan fingerprint density at radius 2 is 1.87 bits per heavy atom. The van der Waals surface area contributed by atoms with Crippen molar-refractivity contribution in [3.8, 4) is 5.75 Å². The molecule has 0 bridgehead atoms. The Morgan fingerprint density at radius 1 is 1.13 bits per heavy atom. The van der Waals surface area contributed by atoms with Crippen molar-refractivity contribution < 1.29 is 9.84 Å². The van der Waals surface area contributed by atoms with Gasteiger partial charge in [0, 0.05) is 25.3 Å². The summed E-state index contributed by atoms with van der Waals surface area (Å²) in [7, 11) is 1.65. The van der Waals surface area contributed by atoms with Crippen LogP contribution >= 0.6 is 0 Å². The number of methoxy groups -OCH3 is 1. The van der Waals surface area contributed by atoms with E-state index in [0.29, 0.717) is 6.54 Å². The van der Waals surface area contributed by atoms with E-state index in [0.717, 1.165) is 24.5 Å². The van der Waals surface area contributed by atoms with Gasteiger partial charge in [-0.25, -0.2) is 0 Å². The molecule has 3 N–H and O–H groups in total. The second-order valence-electron chi connectivity index (χ2n) is 3.13. The fourth-order valence-corrected chi connectivity index (χ4v) is 1.21. The average molecular weight is 210 g/mol. The van der Waals surface area contributed by atoms with Gasteiger partial charge in [0.2, 0.25) is 0 Å². The molecule has 1 aromatic rings. The number of aliphatic hydroxyl groups is 1. The van der Waals surface area contributed by atoms with Crippen molar-refractivity contribution >= 4 is 5.69 Å². The van der Waals surface area contributed by atoms with Crippen LogP contribution in [-0.2, 0) is 0 Å². The summed E-state index contributed by atoms with van der Waals surface area (Å²) in [5.74, 6) is 0.860. The minimum atomic E-state index is 0.183. The van der Waals surface area contributed by atoms with Crippen LogP contribution in [0.5, 0.6) is 5.75 Å². The number of benzene rings is 1. The van der Waals surface area contributed by atoms with Gasteiger partial charge in [0.1, 0.15) is 5.75 Å². The fraction of sp³-hybridized carbons (Fsp3) is 0.455. The van der Waals surface area contributed by atoms with Gasteiger partial charge in [-0.15, -0.1) is 0 Å². The van der Waals surface area contributed by atoms with E-state index >= 15 is 0 Å². The predicted octanol–water partition coefficient (Wildman–Crippen LogP) is 0.689. The molecule has 0 saturated carbocycles. The van der Waals surface area contributed by atoms with Gasteiger partial charge in [-0.3, -0.25) is 0 Å². The van der Waals surface area contributed by atoms with E-state index in [4.69, 9.17) is 9.84 Å². The summed E-state index contributed by atoms with van der Waals surface area (Å²) < 4.78 is 5.06. The highest BCUT2D eigenvalue weighted by atomic mass is 16.5. The smallest absolute Gasteiger partial charge is 0.119 e. The molecule has 0 aliphatic rings. The molecule has 1 aromatic carbocycles. The van der Waals surface area contributed by atoms with Crippen molar-refractivity contribution in [2.24, 2.45) is 0 Å². The van der Waals surface area contributed by atoms with Crippen molar-refractivity contribution in [2.75, 3.05) is 38.7 Å². The molecule has 4 nitrogen and oxygen atoms in total. The zero-order valence-corrected chi connectivity index (χ0v) is 8.99. The molecule has 0 fully saturated rings. The summed E-state index contributed by atoms with van der Waals surface area (Å²) in [5, 5.41) is 14.9. The standard InChI is InChI=1S/C11H18N2O2/c1-15-11-4-2-10(3-5-11)13-7-6-12-8-9-14/h2-5,12-14H,6-9H2,1H3. The monoisotopic (exact) mass is 210 g/mol. The van der Waals surface area contributed by atoms with Gasteiger partial charge in [0.15, 0.2) is 0 Å². The van der Waals surface area contributed by atoms with E-state index in [-0.39, 0.29) is 6.61 Å². The van der Waals surface area contributed by atoms with Gasteiger partial charge < -0.3 is 20.5 Å². The summed E-state index contributed by atoms with van der Waals surface area (Å²) in [6.45, 7) is 2.51. The van der Waals surface area contributed by atoms with Crippen LogP contribution in [0.1, 0.15) is 0 Å². The molecular weight excluding hydrogens is 192 g/mol. The topological polar surface area (TPSA) is 53.5 Å². The largest absolute Gasteiger partial charge is 0.497 e. The first-order valence-electron chi connectivity index (χ1n) is 5.06. The number of ether oxygens (including phenoxy) is 1. The van der Waals surface area contributed by atoms with Gasteiger partial charge in [0.05, 0.1) is 13.7 Å². The molecule has 0 atom stereocenters. The van der Waals surface area contributed by atoms with Crippen LogP contribution in [0.15, 0.2) is 24.3 Å². The van der Waals surface area contributed by atoms with Gasteiger partial charge in [-0.1, -0.05) is 0 Å². The molecule has 0 aliphatic carbocycles. The summed E-state index contributed by atoms with van der Waals surface area (Å²) in [6.07, 6.45) is 0. The average Bonchev–Trinajstić information content (AvgIpc) is 2.30. The molecule has 1 rings (SSSR count). The van der Waals surface area contributed by atoms with Crippen molar-refractivity contribution in [3.63, 3.8) is 0 Å². The lowest BCUT2D eigenvalue weighted by Gasteiger charge is -2.07. The van der Waals surface area contributed by atoms with Crippen LogP contribution in [0.2, 0.25) is 0 Å². The summed E-state index contributed by atoms with van der Waals surface area (Å²) >= 11 is 0. The molecule has 0 heterocycles. The summed E-state index contributed by atoms with van der Waals surface area (Å²) in [5.41, 5.74) is 1.07. The van der Waals surface area contributed by atoms with Crippen molar-refractivity contribution in [1.82, 2.24) is 5.32 Å². The zero-order chi connectivity index (χ0) is 10.9. The number of rotatable bonds is 7. The molecule has 0 radical (unpaired) electrons. The molecule has 0 unspecified atom stereocenters. The minimum Gasteiger partial charge on any atom is -0.497 e. The molecule has 0 amide bonds. The first kappa shape index (κ1) is 11.8. The Labute approximate surface area is 90.3 Å². The molecule has 0 saturated heterocycles. The summed E-state index contributed by atoms with van der Waals surface area (Å²) in [4.78, 5) is 0. The normalized spacial score (nSPS) is 10.0. The first-order valence-corrected chi connectivity index (χ1v) is 5.06. The van der Waals surface area contributed by atoms with Crippen LogP contribution in [0.25, 0.3) is 0 Å². The van der Waals surface area contributed by atoms with Crippen LogP contribution in [0.3, 0.4) is 0 Å². The highest BCUT2D eigenvalue weighted by Gasteiger charge is 1.92. The minimum absolute atomic E-state index is 0.183. The van der Waals surface area contributed by atoms with Crippen LogP contribution in [-0.4, -0.2) is 38.5 Å². The maximum Gasteiger partial charge on any atom is 0.119 e. The van der Waals surface area contributed by atoms with E-state index < -0.39 is 0 Å². The van der Waals surface area contributed by atoms with Crippen molar-refractivity contribution in [1.29, 1.82) is 0 Å². The third-order valence-corrected chi connectivity index (χ3v) is 2.01. The van der Waals surface area contributed by atoms with Crippen LogP contribution in [0.4, 0.5) is 5.69 Å². The van der Waals surface area contributed by atoms with E-state index in [1.54, 1.807) is 7.11 Å². The Kier molecular flexibility index (Phi) is 5.58. The number of aliphatic hydroxyl groups excluding tert-OH is 1. The SMILES string of the molecule is COc1ccc(NCCNCCO)cc1. The zero-order valence-electron chi connectivity index (χ0n) is 8.99. The molecule has 0 aliphatic heterocycles. The van der Waals surface area contributed by atoms with E-state index in [2.05, 4.69) is 10.6 Å². The van der Waals surface area contributed by atoms with Crippen molar-refractivity contribution in [2.45, 2.75) is 0 Å². The lowest BCUT2D eigenvalue weighted by Crippen LogP contribution is -2.24. The molecule has 4 heteroatoms. The molecule has 0 spiro atoms. The second-order valence-corrected chi connectivity index (χ2v) is 3.13. The van der Waals surface area contributed by atoms with Crippen LogP contribution in [0, 0.1) is 0 Å². The van der Waals surface area contributed by atoms with Gasteiger partial charge in [-0.2, -0.15) is 0 Å². The fourth-order valence-electron chi connectivity index (χ4n) is 1.21. The second kappa shape index (κ2) is 7.09. The summed E-state index contributed by atoms with van der Waals surface area (Å²) in [6, 6.07) is 7.79. The third-order valence-electron chi connectivity index (χ3n) is 2.01.